The third kappa shape index (κ3) is 5.01. The number of ether oxygens (including phenoxy) is 1. The topological polar surface area (TPSA) is 46.9 Å². The van der Waals surface area contributed by atoms with Crippen LogP contribution in [0.5, 0.6) is 5.75 Å². The maximum absolute atomic E-state index is 13.3. The highest BCUT2D eigenvalue weighted by Crippen LogP contribution is 2.31. The van der Waals surface area contributed by atoms with E-state index in [1.807, 2.05) is 49.4 Å². The molecule has 1 heterocycles. The number of benzene rings is 2. The summed E-state index contributed by atoms with van der Waals surface area (Å²) in [4.78, 5) is 21.1. The molecule has 1 amide bonds. The zero-order chi connectivity index (χ0) is 20.1. The van der Waals surface area contributed by atoms with Gasteiger partial charge in [-0.25, -0.2) is 4.98 Å². The van der Waals surface area contributed by atoms with Crippen LogP contribution < -0.4 is 14.5 Å². The molecule has 1 N–H and O–H groups in total. The van der Waals surface area contributed by atoms with Crippen molar-refractivity contribution in [3.63, 3.8) is 0 Å². The number of quaternary nitrogens is 1. The lowest BCUT2D eigenvalue weighted by Crippen LogP contribution is -3.05. The summed E-state index contributed by atoms with van der Waals surface area (Å²) in [5, 5.41) is 1.37. The molecule has 0 fully saturated rings. The first-order valence-corrected chi connectivity index (χ1v) is 10.6. The van der Waals surface area contributed by atoms with Gasteiger partial charge in [0.05, 0.1) is 37.5 Å². The largest absolute Gasteiger partial charge is 0.494 e. The summed E-state index contributed by atoms with van der Waals surface area (Å²) in [5.41, 5.74) is 1.48. The SMILES string of the molecule is CCOc1ccc(C(=O)N(CCC[NH+](C)C)c2nc3ccc(Cl)cc3s2)cc1. The molecule has 0 unspecified atom stereocenters. The van der Waals surface area contributed by atoms with Crippen molar-refractivity contribution in [3.8, 4) is 5.75 Å². The third-order valence-electron chi connectivity index (χ3n) is 4.29. The third-order valence-corrected chi connectivity index (χ3v) is 5.56. The predicted molar refractivity (Wildman–Crippen MR) is 116 cm³/mol. The van der Waals surface area contributed by atoms with Crippen molar-refractivity contribution in [1.29, 1.82) is 0 Å². The maximum Gasteiger partial charge on any atom is 0.260 e. The van der Waals surface area contributed by atoms with Crippen LogP contribution >= 0.6 is 22.9 Å². The Bertz CT molecular complexity index is 940. The van der Waals surface area contributed by atoms with E-state index >= 15 is 0 Å². The molecule has 2 aromatic carbocycles. The molecule has 28 heavy (non-hydrogen) atoms. The molecule has 148 valence electrons. The normalized spacial score (nSPS) is 11.2. The van der Waals surface area contributed by atoms with Crippen LogP contribution in [0.3, 0.4) is 0 Å². The van der Waals surface area contributed by atoms with Gasteiger partial charge in [-0.3, -0.25) is 9.69 Å². The summed E-state index contributed by atoms with van der Waals surface area (Å²) in [6.07, 6.45) is 0.891. The minimum Gasteiger partial charge on any atom is -0.494 e. The van der Waals surface area contributed by atoms with E-state index in [9.17, 15) is 4.79 Å². The predicted octanol–water partition coefficient (Wildman–Crippen LogP) is 3.53. The van der Waals surface area contributed by atoms with Crippen molar-refractivity contribution in [3.05, 3.63) is 53.1 Å². The van der Waals surface area contributed by atoms with E-state index < -0.39 is 0 Å². The quantitative estimate of drug-likeness (QED) is 0.608. The molecular formula is C21H25ClN3O2S+. The number of hydrogen-bond donors (Lipinski definition) is 1. The molecule has 0 atom stereocenters. The van der Waals surface area contributed by atoms with Gasteiger partial charge >= 0.3 is 0 Å². The van der Waals surface area contributed by atoms with Gasteiger partial charge in [-0.05, 0) is 49.4 Å². The first-order valence-electron chi connectivity index (χ1n) is 9.37. The summed E-state index contributed by atoms with van der Waals surface area (Å²) >= 11 is 7.60. The second-order valence-corrected chi connectivity index (χ2v) is 8.28. The first kappa shape index (κ1) is 20.6. The van der Waals surface area contributed by atoms with E-state index in [-0.39, 0.29) is 5.91 Å². The Morgan fingerprint density at radius 3 is 2.64 bits per heavy atom. The number of hydrogen-bond acceptors (Lipinski definition) is 4. The monoisotopic (exact) mass is 418 g/mol. The summed E-state index contributed by atoms with van der Waals surface area (Å²) in [7, 11) is 4.22. The average molecular weight is 419 g/mol. The van der Waals surface area contributed by atoms with Crippen LogP contribution in [0.25, 0.3) is 10.2 Å². The lowest BCUT2D eigenvalue weighted by molar-refractivity contribution is -0.858. The number of carbonyl (C=O) groups is 1. The van der Waals surface area contributed by atoms with E-state index in [4.69, 9.17) is 16.3 Å². The molecule has 3 rings (SSSR count). The second-order valence-electron chi connectivity index (χ2n) is 6.83. The standard InChI is InChI=1S/C21H24ClN3O2S/c1-4-27-17-9-6-15(7-10-17)20(26)25(13-5-12-24(2)3)21-23-18-11-8-16(22)14-19(18)28-21/h6-11,14H,4-5,12-13H2,1-3H3/p+1. The van der Waals surface area contributed by atoms with E-state index in [2.05, 4.69) is 19.1 Å². The number of amides is 1. The van der Waals surface area contributed by atoms with Crippen molar-refractivity contribution in [2.45, 2.75) is 13.3 Å². The van der Waals surface area contributed by atoms with Gasteiger partial charge in [0.15, 0.2) is 5.13 Å². The number of fused-ring (bicyclic) bond motifs is 1. The summed E-state index contributed by atoms with van der Waals surface area (Å²) in [6, 6.07) is 12.9. The van der Waals surface area contributed by atoms with Crippen LogP contribution in [0.4, 0.5) is 5.13 Å². The minimum absolute atomic E-state index is 0.0537. The molecule has 0 saturated heterocycles. The molecule has 0 bridgehead atoms. The number of halogens is 1. The number of aromatic nitrogens is 1. The molecule has 1 aromatic heterocycles. The van der Waals surface area contributed by atoms with Crippen LogP contribution in [0.15, 0.2) is 42.5 Å². The number of thiazole rings is 1. The molecule has 3 aromatic rings. The molecular weight excluding hydrogens is 394 g/mol. The Morgan fingerprint density at radius 2 is 1.96 bits per heavy atom. The van der Waals surface area contributed by atoms with Crippen molar-refractivity contribution < 1.29 is 14.4 Å². The Morgan fingerprint density at radius 1 is 1.21 bits per heavy atom. The number of carbonyl (C=O) groups excluding carboxylic acids is 1. The zero-order valence-corrected chi connectivity index (χ0v) is 17.9. The molecule has 7 heteroatoms. The van der Waals surface area contributed by atoms with Crippen LogP contribution in [0.1, 0.15) is 23.7 Å². The van der Waals surface area contributed by atoms with E-state index in [0.29, 0.717) is 28.9 Å². The fourth-order valence-corrected chi connectivity index (χ4v) is 4.16. The average Bonchev–Trinajstić information content (AvgIpc) is 3.08. The highest BCUT2D eigenvalue weighted by Gasteiger charge is 2.21. The number of anilines is 1. The molecule has 0 spiro atoms. The van der Waals surface area contributed by atoms with Gasteiger partial charge < -0.3 is 9.64 Å². The Kier molecular flexibility index (Phi) is 6.88. The van der Waals surface area contributed by atoms with E-state index in [1.165, 1.54) is 16.2 Å². The highest BCUT2D eigenvalue weighted by molar-refractivity contribution is 7.22. The van der Waals surface area contributed by atoms with Gasteiger partial charge in [-0.1, -0.05) is 22.9 Å². The van der Waals surface area contributed by atoms with Gasteiger partial charge in [0, 0.05) is 23.6 Å². The lowest BCUT2D eigenvalue weighted by atomic mass is 10.2. The second kappa shape index (κ2) is 9.37. The van der Waals surface area contributed by atoms with Crippen molar-refractivity contribution in [2.24, 2.45) is 0 Å². The summed E-state index contributed by atoms with van der Waals surface area (Å²) in [5.74, 6) is 0.707. The van der Waals surface area contributed by atoms with Crippen LogP contribution in [0, 0.1) is 0 Å². The first-order chi connectivity index (χ1) is 13.5. The van der Waals surface area contributed by atoms with Gasteiger partial charge in [0.25, 0.3) is 5.91 Å². The molecule has 0 aliphatic rings. The van der Waals surface area contributed by atoms with Gasteiger partial charge in [0.1, 0.15) is 5.75 Å². The van der Waals surface area contributed by atoms with Crippen molar-refractivity contribution in [2.75, 3.05) is 38.7 Å². The van der Waals surface area contributed by atoms with Crippen LogP contribution in [-0.4, -0.2) is 44.7 Å². The summed E-state index contributed by atoms with van der Waals surface area (Å²) < 4.78 is 6.45. The zero-order valence-electron chi connectivity index (χ0n) is 16.4. The maximum atomic E-state index is 13.3. The molecule has 5 nitrogen and oxygen atoms in total. The summed E-state index contributed by atoms with van der Waals surface area (Å²) in [6.45, 7) is 4.13. The molecule has 0 aliphatic carbocycles. The van der Waals surface area contributed by atoms with Gasteiger partial charge in [0.2, 0.25) is 0 Å². The van der Waals surface area contributed by atoms with E-state index in [0.717, 1.165) is 28.9 Å². The lowest BCUT2D eigenvalue weighted by Gasteiger charge is -2.20. The van der Waals surface area contributed by atoms with Crippen LogP contribution in [-0.2, 0) is 0 Å². The fourth-order valence-electron chi connectivity index (χ4n) is 2.89. The van der Waals surface area contributed by atoms with Gasteiger partial charge in [-0.15, -0.1) is 0 Å². The van der Waals surface area contributed by atoms with Crippen molar-refractivity contribution in [1.82, 2.24) is 4.98 Å². The number of nitrogens with zero attached hydrogens (tertiary/aromatic N) is 2. The molecule has 0 saturated carbocycles. The fraction of sp³-hybridized carbons (Fsp3) is 0.333. The van der Waals surface area contributed by atoms with Crippen LogP contribution in [0.2, 0.25) is 5.02 Å². The van der Waals surface area contributed by atoms with Crippen molar-refractivity contribution >= 4 is 44.2 Å². The molecule has 0 aliphatic heterocycles. The Labute approximate surface area is 174 Å². The van der Waals surface area contributed by atoms with Gasteiger partial charge in [-0.2, -0.15) is 0 Å². The smallest absolute Gasteiger partial charge is 0.260 e. The Balaban J connectivity index is 1.89. The van der Waals surface area contributed by atoms with E-state index in [1.54, 1.807) is 4.90 Å². The minimum atomic E-state index is -0.0537. The Hall–Kier alpha value is -2.15. The number of rotatable bonds is 8. The number of nitrogens with one attached hydrogen (secondary N) is 1. The molecule has 0 radical (unpaired) electrons. The highest BCUT2D eigenvalue weighted by atomic mass is 35.5.